The molecule has 0 saturated carbocycles. The molecule has 1 aromatic carbocycles. The summed E-state index contributed by atoms with van der Waals surface area (Å²) in [5, 5.41) is 23.1. The van der Waals surface area contributed by atoms with Crippen molar-refractivity contribution in [3.8, 4) is 11.3 Å². The molecule has 2 aliphatic heterocycles. The maximum absolute atomic E-state index is 13.3. The number of aromatic amines is 1. The van der Waals surface area contributed by atoms with Crippen LogP contribution in [0.25, 0.3) is 22.3 Å². The first-order valence-corrected chi connectivity index (χ1v) is 11.4. The molecule has 2 aromatic heterocycles. The van der Waals surface area contributed by atoms with E-state index >= 15 is 0 Å². The molecule has 34 heavy (non-hydrogen) atoms. The van der Waals surface area contributed by atoms with Gasteiger partial charge in [-0.15, -0.1) is 10.2 Å². The van der Waals surface area contributed by atoms with Gasteiger partial charge in [0.25, 0.3) is 5.91 Å². The van der Waals surface area contributed by atoms with Crippen LogP contribution >= 0.6 is 0 Å². The number of benzene rings is 1. The van der Waals surface area contributed by atoms with Crippen LogP contribution < -0.4 is 5.32 Å². The highest BCUT2D eigenvalue weighted by Gasteiger charge is 2.57. The van der Waals surface area contributed by atoms with E-state index in [2.05, 4.69) is 20.5 Å². The van der Waals surface area contributed by atoms with Crippen LogP contribution in [-0.2, 0) is 17.8 Å². The maximum Gasteiger partial charge on any atom is 0.426 e. The molecule has 2 aliphatic rings. The van der Waals surface area contributed by atoms with E-state index in [0.29, 0.717) is 19.0 Å². The van der Waals surface area contributed by atoms with Crippen LogP contribution in [0.1, 0.15) is 48.1 Å². The lowest BCUT2D eigenvalue weighted by Crippen LogP contribution is -2.56. The SMILES string of the molecule is Cc1c[nH]c2nnc(-c3cc4c(c([C@@H]5CCCN5)c3)CN(C(=O)[C@](C)(O)C(F)(F)F)CC4)cc12. The van der Waals surface area contributed by atoms with E-state index in [1.54, 1.807) is 0 Å². The van der Waals surface area contributed by atoms with Gasteiger partial charge in [-0.25, -0.2) is 0 Å². The van der Waals surface area contributed by atoms with Gasteiger partial charge in [0.15, 0.2) is 5.65 Å². The van der Waals surface area contributed by atoms with Crippen LogP contribution in [-0.4, -0.2) is 56.0 Å². The minimum atomic E-state index is -5.04. The number of aliphatic hydroxyl groups is 1. The fourth-order valence-corrected chi connectivity index (χ4v) is 4.90. The Morgan fingerprint density at radius 3 is 2.74 bits per heavy atom. The van der Waals surface area contributed by atoms with Crippen molar-refractivity contribution in [2.24, 2.45) is 0 Å². The number of alkyl halides is 3. The maximum atomic E-state index is 13.3. The average Bonchev–Trinajstić information content (AvgIpc) is 3.47. The summed E-state index contributed by atoms with van der Waals surface area (Å²) in [5.74, 6) is -1.32. The number of aryl methyl sites for hydroxylation is 1. The molecule has 3 N–H and O–H groups in total. The molecule has 0 radical (unpaired) electrons. The molecule has 1 amide bonds. The van der Waals surface area contributed by atoms with Crippen LogP contribution in [0.4, 0.5) is 13.2 Å². The summed E-state index contributed by atoms with van der Waals surface area (Å²) >= 11 is 0. The van der Waals surface area contributed by atoms with Crippen molar-refractivity contribution in [1.29, 1.82) is 0 Å². The molecule has 180 valence electrons. The van der Waals surface area contributed by atoms with Crippen LogP contribution in [0.2, 0.25) is 0 Å². The van der Waals surface area contributed by atoms with Crippen molar-refractivity contribution >= 4 is 16.9 Å². The minimum Gasteiger partial charge on any atom is -0.373 e. The molecule has 0 aliphatic carbocycles. The Morgan fingerprint density at radius 2 is 2.03 bits per heavy atom. The molecule has 7 nitrogen and oxygen atoms in total. The second-order valence-electron chi connectivity index (χ2n) is 9.36. The fourth-order valence-electron chi connectivity index (χ4n) is 4.90. The molecule has 1 fully saturated rings. The zero-order chi connectivity index (χ0) is 24.3. The molecular weight excluding hydrogens is 447 g/mol. The average molecular weight is 473 g/mol. The number of H-pyrrole nitrogens is 1. The number of hydrogen-bond donors (Lipinski definition) is 3. The lowest BCUT2D eigenvalue weighted by Gasteiger charge is -2.36. The number of nitrogens with one attached hydrogen (secondary N) is 2. The van der Waals surface area contributed by atoms with Crippen LogP contribution in [0.3, 0.4) is 0 Å². The van der Waals surface area contributed by atoms with E-state index in [9.17, 15) is 23.1 Å². The van der Waals surface area contributed by atoms with Crippen molar-refractivity contribution < 1.29 is 23.1 Å². The Hall–Kier alpha value is -2.98. The van der Waals surface area contributed by atoms with Crippen molar-refractivity contribution in [1.82, 2.24) is 25.4 Å². The third-order valence-electron chi connectivity index (χ3n) is 7.01. The van der Waals surface area contributed by atoms with E-state index in [1.807, 2.05) is 31.3 Å². The zero-order valence-electron chi connectivity index (χ0n) is 19.0. The third-order valence-corrected chi connectivity index (χ3v) is 7.01. The highest BCUT2D eigenvalue weighted by molar-refractivity contribution is 5.86. The zero-order valence-corrected chi connectivity index (χ0v) is 19.0. The number of rotatable bonds is 3. The largest absolute Gasteiger partial charge is 0.426 e. The molecule has 3 aromatic rings. The van der Waals surface area contributed by atoms with Crippen LogP contribution in [0.5, 0.6) is 0 Å². The van der Waals surface area contributed by atoms with Gasteiger partial charge in [-0.05, 0) is 80.1 Å². The number of carbonyl (C=O) groups excluding carboxylic acids is 1. The van der Waals surface area contributed by atoms with Gasteiger partial charge in [0.2, 0.25) is 5.60 Å². The first kappa shape index (κ1) is 22.8. The second kappa shape index (κ2) is 8.06. The summed E-state index contributed by atoms with van der Waals surface area (Å²) in [6, 6.07) is 6.03. The number of aromatic nitrogens is 3. The molecule has 10 heteroatoms. The molecule has 0 unspecified atom stereocenters. The molecule has 0 bridgehead atoms. The van der Waals surface area contributed by atoms with Gasteiger partial charge < -0.3 is 20.3 Å². The predicted octanol–water partition coefficient (Wildman–Crippen LogP) is 3.56. The smallest absolute Gasteiger partial charge is 0.373 e. The van der Waals surface area contributed by atoms with Crippen molar-refractivity contribution in [2.45, 2.75) is 57.5 Å². The van der Waals surface area contributed by atoms with Crippen LogP contribution in [0, 0.1) is 6.92 Å². The lowest BCUT2D eigenvalue weighted by atomic mass is 9.87. The third kappa shape index (κ3) is 3.74. The van der Waals surface area contributed by atoms with Gasteiger partial charge in [0, 0.05) is 36.3 Å². The summed E-state index contributed by atoms with van der Waals surface area (Å²) in [6.45, 7) is 3.48. The highest BCUT2D eigenvalue weighted by Crippen LogP contribution is 2.38. The molecule has 2 atom stereocenters. The second-order valence-corrected chi connectivity index (χ2v) is 9.36. The predicted molar refractivity (Wildman–Crippen MR) is 120 cm³/mol. The Labute approximate surface area is 194 Å². The first-order valence-electron chi connectivity index (χ1n) is 11.4. The van der Waals surface area contributed by atoms with E-state index in [1.165, 1.54) is 0 Å². The first-order chi connectivity index (χ1) is 16.1. The molecule has 1 saturated heterocycles. The number of nitrogens with zero attached hydrogens (tertiary/aromatic N) is 3. The summed E-state index contributed by atoms with van der Waals surface area (Å²) in [4.78, 5) is 16.9. The standard InChI is InChI=1S/C24H26F3N5O2/c1-13-11-29-21-16(13)10-20(30-31-21)15-8-14-5-7-32(22(33)23(2,34)24(25,26)27)12-18(14)17(9-15)19-4-3-6-28-19/h8-11,19,28,34H,3-7,12H2,1-2H3,(H,29,31)/t19-,23-/m0/s1. The van der Waals surface area contributed by atoms with E-state index in [4.69, 9.17) is 0 Å². The number of halogens is 3. The number of hydrogen-bond acceptors (Lipinski definition) is 5. The van der Waals surface area contributed by atoms with Gasteiger partial charge in [-0.1, -0.05) is 0 Å². The molecule has 5 rings (SSSR count). The van der Waals surface area contributed by atoms with Crippen molar-refractivity contribution in [2.75, 3.05) is 13.1 Å². The van der Waals surface area contributed by atoms with Crippen molar-refractivity contribution in [3.63, 3.8) is 0 Å². The molecule has 0 spiro atoms. The highest BCUT2D eigenvalue weighted by atomic mass is 19.4. The van der Waals surface area contributed by atoms with Crippen molar-refractivity contribution in [3.05, 3.63) is 46.6 Å². The van der Waals surface area contributed by atoms with Gasteiger partial charge in [0.1, 0.15) is 0 Å². The summed E-state index contributed by atoms with van der Waals surface area (Å²) < 4.78 is 39.9. The number of amides is 1. The van der Waals surface area contributed by atoms with Gasteiger partial charge >= 0.3 is 6.18 Å². The fraction of sp³-hybridized carbons (Fsp3) is 0.458. The van der Waals surface area contributed by atoms with E-state index < -0.39 is 17.7 Å². The van der Waals surface area contributed by atoms with Gasteiger partial charge in [-0.3, -0.25) is 4.79 Å². The normalized spacial score (nSPS) is 20.4. The van der Waals surface area contributed by atoms with Gasteiger partial charge in [0.05, 0.1) is 5.69 Å². The van der Waals surface area contributed by atoms with E-state index in [0.717, 1.165) is 63.2 Å². The Balaban J connectivity index is 1.55. The molecule has 4 heterocycles. The van der Waals surface area contributed by atoms with Crippen LogP contribution in [0.15, 0.2) is 24.4 Å². The van der Waals surface area contributed by atoms with Gasteiger partial charge in [-0.2, -0.15) is 13.2 Å². The molecular formula is C24H26F3N5O2. The Kier molecular flexibility index (Phi) is 5.40. The number of carbonyl (C=O) groups is 1. The summed E-state index contributed by atoms with van der Waals surface area (Å²) in [7, 11) is 0. The Morgan fingerprint density at radius 1 is 1.24 bits per heavy atom. The topological polar surface area (TPSA) is 94.1 Å². The monoisotopic (exact) mass is 473 g/mol. The summed E-state index contributed by atoms with van der Waals surface area (Å²) in [5.41, 5.74) is 2.74. The summed E-state index contributed by atoms with van der Waals surface area (Å²) in [6.07, 6.45) is -0.889. The quantitative estimate of drug-likeness (QED) is 0.541. The van der Waals surface area contributed by atoms with E-state index in [-0.39, 0.29) is 19.1 Å². The number of fused-ring (bicyclic) bond motifs is 2. The lowest BCUT2D eigenvalue weighted by molar-refractivity contribution is -0.250. The Bertz CT molecular complexity index is 1260. The minimum absolute atomic E-state index is 0.0236.